The van der Waals surface area contributed by atoms with Crippen LogP contribution in [0.15, 0.2) is 0 Å². The van der Waals surface area contributed by atoms with Gasteiger partial charge in [-0.1, -0.05) is 0 Å². The molecule has 1 atom stereocenters. The van der Waals surface area contributed by atoms with E-state index in [9.17, 15) is 0 Å². The summed E-state index contributed by atoms with van der Waals surface area (Å²) in [6.07, 6.45) is 3.90. The summed E-state index contributed by atoms with van der Waals surface area (Å²) in [5, 5.41) is 3.49. The van der Waals surface area contributed by atoms with Gasteiger partial charge in [0.25, 0.3) is 0 Å². The average molecular weight is 201 g/mol. The number of ether oxygens (including phenoxy) is 2. The van der Waals surface area contributed by atoms with Crippen LogP contribution in [0.3, 0.4) is 0 Å². The zero-order chi connectivity index (χ0) is 10.2. The SMILES string of the molecule is CC(C)OCCCNC1CCCOC1. The van der Waals surface area contributed by atoms with Gasteiger partial charge in [0.1, 0.15) is 0 Å². The molecule has 1 fully saturated rings. The summed E-state index contributed by atoms with van der Waals surface area (Å²) in [6.45, 7) is 7.86. The lowest BCUT2D eigenvalue weighted by molar-refractivity contribution is 0.0626. The van der Waals surface area contributed by atoms with E-state index in [1.165, 1.54) is 12.8 Å². The van der Waals surface area contributed by atoms with Crippen molar-refractivity contribution in [1.82, 2.24) is 5.32 Å². The van der Waals surface area contributed by atoms with Gasteiger partial charge in [0.2, 0.25) is 0 Å². The molecule has 1 aliphatic rings. The second kappa shape index (κ2) is 7.21. The first-order chi connectivity index (χ1) is 6.79. The van der Waals surface area contributed by atoms with Gasteiger partial charge < -0.3 is 14.8 Å². The highest BCUT2D eigenvalue weighted by molar-refractivity contribution is 4.69. The van der Waals surface area contributed by atoms with E-state index in [2.05, 4.69) is 19.2 Å². The van der Waals surface area contributed by atoms with Crippen LogP contribution >= 0.6 is 0 Å². The van der Waals surface area contributed by atoms with E-state index in [4.69, 9.17) is 9.47 Å². The molecule has 14 heavy (non-hydrogen) atoms. The molecule has 1 unspecified atom stereocenters. The molecule has 0 aliphatic carbocycles. The minimum atomic E-state index is 0.355. The van der Waals surface area contributed by atoms with Crippen LogP contribution in [0.1, 0.15) is 33.1 Å². The third-order valence-corrected chi connectivity index (χ3v) is 2.37. The maximum atomic E-state index is 5.46. The molecule has 3 nitrogen and oxygen atoms in total. The Hall–Kier alpha value is -0.120. The Bertz CT molecular complexity index is 133. The van der Waals surface area contributed by atoms with Crippen molar-refractivity contribution in [2.24, 2.45) is 0 Å². The molecule has 1 saturated heterocycles. The third kappa shape index (κ3) is 5.58. The fourth-order valence-electron chi connectivity index (χ4n) is 1.60. The highest BCUT2D eigenvalue weighted by Gasteiger charge is 2.11. The second-order valence-electron chi connectivity index (χ2n) is 4.14. The standard InChI is InChI=1S/C11H23NO2/c1-10(2)14-8-4-6-12-11-5-3-7-13-9-11/h10-12H,3-9H2,1-2H3. The maximum Gasteiger partial charge on any atom is 0.0619 e. The summed E-state index contributed by atoms with van der Waals surface area (Å²) < 4.78 is 10.8. The molecule has 84 valence electrons. The molecular formula is C11H23NO2. The number of hydrogen-bond donors (Lipinski definition) is 1. The van der Waals surface area contributed by atoms with Crippen LogP contribution in [0, 0.1) is 0 Å². The van der Waals surface area contributed by atoms with Crippen LogP contribution in [0.5, 0.6) is 0 Å². The zero-order valence-electron chi connectivity index (χ0n) is 9.42. The van der Waals surface area contributed by atoms with Gasteiger partial charge in [0.05, 0.1) is 12.7 Å². The van der Waals surface area contributed by atoms with Crippen LogP contribution in [0.4, 0.5) is 0 Å². The summed E-state index contributed by atoms with van der Waals surface area (Å²) >= 11 is 0. The number of rotatable bonds is 6. The fourth-order valence-corrected chi connectivity index (χ4v) is 1.60. The molecule has 0 aromatic carbocycles. The van der Waals surface area contributed by atoms with Crippen molar-refractivity contribution in [1.29, 1.82) is 0 Å². The van der Waals surface area contributed by atoms with Gasteiger partial charge in [-0.25, -0.2) is 0 Å². The lowest BCUT2D eigenvalue weighted by atomic mass is 10.1. The topological polar surface area (TPSA) is 30.5 Å². The van der Waals surface area contributed by atoms with Gasteiger partial charge in [0, 0.05) is 19.3 Å². The number of hydrogen-bond acceptors (Lipinski definition) is 3. The van der Waals surface area contributed by atoms with E-state index < -0.39 is 0 Å². The van der Waals surface area contributed by atoms with Gasteiger partial charge in [-0.05, 0) is 39.7 Å². The minimum Gasteiger partial charge on any atom is -0.380 e. The number of nitrogens with one attached hydrogen (secondary N) is 1. The first-order valence-electron chi connectivity index (χ1n) is 5.72. The molecule has 3 heteroatoms. The third-order valence-electron chi connectivity index (χ3n) is 2.37. The van der Waals surface area contributed by atoms with Crippen molar-refractivity contribution < 1.29 is 9.47 Å². The molecule has 0 amide bonds. The van der Waals surface area contributed by atoms with Crippen molar-refractivity contribution in [3.8, 4) is 0 Å². The fraction of sp³-hybridized carbons (Fsp3) is 1.00. The Labute approximate surface area is 87.2 Å². The highest BCUT2D eigenvalue weighted by Crippen LogP contribution is 2.05. The van der Waals surface area contributed by atoms with Crippen molar-refractivity contribution in [3.63, 3.8) is 0 Å². The average Bonchev–Trinajstić information content (AvgIpc) is 2.18. The molecule has 0 radical (unpaired) electrons. The summed E-state index contributed by atoms with van der Waals surface area (Å²) in [6, 6.07) is 0.572. The lowest BCUT2D eigenvalue weighted by Crippen LogP contribution is -2.37. The molecule has 0 aromatic heterocycles. The first kappa shape index (κ1) is 12.0. The predicted octanol–water partition coefficient (Wildman–Crippen LogP) is 1.57. The summed E-state index contributed by atoms with van der Waals surface area (Å²) in [4.78, 5) is 0. The molecule has 0 spiro atoms. The molecule has 0 aromatic rings. The Morgan fingerprint density at radius 3 is 3.00 bits per heavy atom. The van der Waals surface area contributed by atoms with E-state index in [0.717, 1.165) is 32.8 Å². The molecule has 1 N–H and O–H groups in total. The van der Waals surface area contributed by atoms with Crippen LogP contribution < -0.4 is 5.32 Å². The molecule has 1 heterocycles. The Morgan fingerprint density at radius 2 is 2.36 bits per heavy atom. The van der Waals surface area contributed by atoms with Crippen LogP contribution in [-0.2, 0) is 9.47 Å². The normalized spacial score (nSPS) is 22.9. The Balaban J connectivity index is 1.87. The van der Waals surface area contributed by atoms with Gasteiger partial charge >= 0.3 is 0 Å². The molecule has 0 saturated carbocycles. The van der Waals surface area contributed by atoms with E-state index in [1.807, 2.05) is 0 Å². The van der Waals surface area contributed by atoms with Crippen LogP contribution in [0.25, 0.3) is 0 Å². The summed E-state index contributed by atoms with van der Waals surface area (Å²) in [5.41, 5.74) is 0. The van der Waals surface area contributed by atoms with Gasteiger partial charge in [-0.3, -0.25) is 0 Å². The molecule has 0 bridgehead atoms. The largest absolute Gasteiger partial charge is 0.380 e. The van der Waals surface area contributed by atoms with Crippen molar-refractivity contribution in [2.75, 3.05) is 26.4 Å². The van der Waals surface area contributed by atoms with Gasteiger partial charge in [0.15, 0.2) is 0 Å². The maximum absolute atomic E-state index is 5.46. The van der Waals surface area contributed by atoms with E-state index in [0.29, 0.717) is 12.1 Å². The quantitative estimate of drug-likeness (QED) is 0.662. The minimum absolute atomic E-state index is 0.355. The Morgan fingerprint density at radius 1 is 1.50 bits per heavy atom. The van der Waals surface area contributed by atoms with E-state index in [1.54, 1.807) is 0 Å². The zero-order valence-corrected chi connectivity index (χ0v) is 9.42. The van der Waals surface area contributed by atoms with Gasteiger partial charge in [-0.15, -0.1) is 0 Å². The van der Waals surface area contributed by atoms with Crippen molar-refractivity contribution >= 4 is 0 Å². The summed E-state index contributed by atoms with van der Waals surface area (Å²) in [7, 11) is 0. The lowest BCUT2D eigenvalue weighted by Gasteiger charge is -2.23. The van der Waals surface area contributed by atoms with E-state index in [-0.39, 0.29) is 0 Å². The van der Waals surface area contributed by atoms with Crippen LogP contribution in [0.2, 0.25) is 0 Å². The monoisotopic (exact) mass is 201 g/mol. The Kier molecular flexibility index (Phi) is 6.15. The molecular weight excluding hydrogens is 178 g/mol. The molecule has 1 rings (SSSR count). The van der Waals surface area contributed by atoms with Crippen LogP contribution in [-0.4, -0.2) is 38.5 Å². The van der Waals surface area contributed by atoms with Crippen molar-refractivity contribution in [3.05, 3.63) is 0 Å². The smallest absolute Gasteiger partial charge is 0.0619 e. The van der Waals surface area contributed by atoms with Crippen molar-refractivity contribution in [2.45, 2.75) is 45.3 Å². The summed E-state index contributed by atoms with van der Waals surface area (Å²) in [5.74, 6) is 0. The highest BCUT2D eigenvalue weighted by atomic mass is 16.5. The predicted molar refractivity (Wildman–Crippen MR) is 57.5 cm³/mol. The van der Waals surface area contributed by atoms with Gasteiger partial charge in [-0.2, -0.15) is 0 Å². The molecule has 1 aliphatic heterocycles. The van der Waals surface area contributed by atoms with E-state index >= 15 is 0 Å². The first-order valence-corrected chi connectivity index (χ1v) is 5.72. The second-order valence-corrected chi connectivity index (χ2v) is 4.14.